The van der Waals surface area contributed by atoms with E-state index >= 15 is 0 Å². The van der Waals surface area contributed by atoms with Crippen molar-refractivity contribution in [2.45, 2.75) is 46.1 Å². The predicted octanol–water partition coefficient (Wildman–Crippen LogP) is 1.73. The summed E-state index contributed by atoms with van der Waals surface area (Å²) in [6.07, 6.45) is 0.803. The van der Waals surface area contributed by atoms with E-state index in [0.29, 0.717) is 19.8 Å². The van der Waals surface area contributed by atoms with Crippen molar-refractivity contribution in [3.05, 3.63) is 0 Å². The second kappa shape index (κ2) is 7.45. The molecule has 0 aromatic heterocycles. The monoisotopic (exact) mass is 264 g/mol. The molecule has 17 heavy (non-hydrogen) atoms. The van der Waals surface area contributed by atoms with Crippen LogP contribution in [-0.4, -0.2) is 47.2 Å². The summed E-state index contributed by atoms with van der Waals surface area (Å²) in [7, 11) is -2.75. The van der Waals surface area contributed by atoms with Gasteiger partial charge in [0, 0.05) is 26.2 Å². The Morgan fingerprint density at radius 2 is 1.59 bits per heavy atom. The van der Waals surface area contributed by atoms with Crippen molar-refractivity contribution in [3.8, 4) is 0 Å². The molecule has 2 atom stereocenters. The number of ether oxygens (including phenoxy) is 2. The lowest BCUT2D eigenvalue weighted by molar-refractivity contribution is -0.229. The van der Waals surface area contributed by atoms with Crippen molar-refractivity contribution in [3.63, 3.8) is 0 Å². The van der Waals surface area contributed by atoms with Crippen molar-refractivity contribution in [1.82, 2.24) is 0 Å². The van der Waals surface area contributed by atoms with Gasteiger partial charge in [-0.05, 0) is 27.7 Å². The van der Waals surface area contributed by atoms with Crippen molar-refractivity contribution in [2.24, 2.45) is 0 Å². The third-order valence-electron chi connectivity index (χ3n) is 2.55. The van der Waals surface area contributed by atoms with Crippen molar-refractivity contribution >= 4 is 8.80 Å². The summed E-state index contributed by atoms with van der Waals surface area (Å²) in [5, 5.41) is 0. The van der Waals surface area contributed by atoms with Crippen LogP contribution in [0, 0.1) is 0 Å². The molecule has 0 radical (unpaired) electrons. The fraction of sp³-hybridized carbons (Fsp3) is 1.00. The van der Waals surface area contributed by atoms with Crippen LogP contribution < -0.4 is 0 Å². The first-order valence-electron chi connectivity index (χ1n) is 6.37. The van der Waals surface area contributed by atoms with Crippen LogP contribution in [-0.2, 0) is 22.8 Å². The summed E-state index contributed by atoms with van der Waals surface area (Å²) in [4.78, 5) is 0. The highest BCUT2D eigenvalue weighted by Crippen LogP contribution is 2.23. The first-order chi connectivity index (χ1) is 8.18. The molecule has 102 valence electrons. The molecule has 1 heterocycles. The first-order valence-corrected chi connectivity index (χ1v) is 8.17. The highest BCUT2D eigenvalue weighted by molar-refractivity contribution is 6.62. The van der Waals surface area contributed by atoms with E-state index in [9.17, 15) is 0 Å². The Kier molecular flexibility index (Phi) is 6.61. The van der Waals surface area contributed by atoms with Gasteiger partial charge in [-0.2, -0.15) is 0 Å². The van der Waals surface area contributed by atoms with E-state index in [-0.39, 0.29) is 12.0 Å². The molecule has 1 aliphatic rings. The van der Waals surface area contributed by atoms with E-state index in [0.717, 1.165) is 13.0 Å². The van der Waals surface area contributed by atoms with Gasteiger partial charge in [-0.15, -0.1) is 0 Å². The molecule has 1 fully saturated rings. The fourth-order valence-corrected chi connectivity index (χ4v) is 4.19. The normalized spacial score (nSPS) is 22.2. The Morgan fingerprint density at radius 3 is 1.88 bits per heavy atom. The Bertz CT molecular complexity index is 193. The SMILES string of the molecule is CCO[Si](OCC)(OCC)C(C)OC1CCO1. The molecular weight excluding hydrogens is 240 g/mol. The van der Waals surface area contributed by atoms with Gasteiger partial charge in [0.25, 0.3) is 0 Å². The van der Waals surface area contributed by atoms with Crippen LogP contribution in [0.25, 0.3) is 0 Å². The maximum Gasteiger partial charge on any atom is 0.531 e. The lowest BCUT2D eigenvalue weighted by Gasteiger charge is -2.37. The minimum atomic E-state index is -2.75. The van der Waals surface area contributed by atoms with E-state index in [4.69, 9.17) is 22.8 Å². The molecule has 0 aliphatic carbocycles. The molecule has 1 rings (SSSR count). The van der Waals surface area contributed by atoms with Gasteiger partial charge in [-0.25, -0.2) is 0 Å². The molecule has 1 aliphatic heterocycles. The lowest BCUT2D eigenvalue weighted by Crippen LogP contribution is -2.58. The average Bonchev–Trinajstić information content (AvgIpc) is 2.24. The standard InChI is InChI=1S/C11H24O5Si/c1-5-13-17(14-6-2,15-7-3)10(4)16-11-8-9-12-11/h10-11H,5-9H2,1-4H3. The molecule has 0 spiro atoms. The van der Waals surface area contributed by atoms with Crippen LogP contribution in [0.4, 0.5) is 0 Å². The van der Waals surface area contributed by atoms with E-state index in [1.165, 1.54) is 0 Å². The summed E-state index contributed by atoms with van der Waals surface area (Å²) in [5.74, 6) is 0. The highest BCUT2D eigenvalue weighted by Gasteiger charge is 2.49. The third-order valence-corrected chi connectivity index (χ3v) is 5.75. The van der Waals surface area contributed by atoms with Crippen molar-refractivity contribution < 1.29 is 22.8 Å². The first kappa shape index (κ1) is 15.1. The lowest BCUT2D eigenvalue weighted by atomic mass is 10.3. The summed E-state index contributed by atoms with van der Waals surface area (Å²) >= 11 is 0. The summed E-state index contributed by atoms with van der Waals surface area (Å²) < 4.78 is 28.3. The smallest absolute Gasteiger partial charge is 0.372 e. The van der Waals surface area contributed by atoms with Gasteiger partial charge in [-0.3, -0.25) is 0 Å². The van der Waals surface area contributed by atoms with Crippen molar-refractivity contribution in [2.75, 3.05) is 26.4 Å². The maximum absolute atomic E-state index is 5.77. The van der Waals surface area contributed by atoms with Crippen LogP contribution >= 0.6 is 0 Å². The number of hydrogen-bond donors (Lipinski definition) is 0. The second-order valence-electron chi connectivity index (χ2n) is 3.77. The Balaban J connectivity index is 2.61. The van der Waals surface area contributed by atoms with Crippen LogP contribution in [0.1, 0.15) is 34.1 Å². The van der Waals surface area contributed by atoms with Gasteiger partial charge in [0.05, 0.1) is 6.61 Å². The van der Waals surface area contributed by atoms with Gasteiger partial charge in [0.2, 0.25) is 0 Å². The minimum Gasteiger partial charge on any atom is -0.372 e. The van der Waals surface area contributed by atoms with Crippen molar-refractivity contribution in [1.29, 1.82) is 0 Å². The Hall–Kier alpha value is 0.0169. The largest absolute Gasteiger partial charge is 0.531 e. The van der Waals surface area contributed by atoms with Gasteiger partial charge in [-0.1, -0.05) is 0 Å². The quantitative estimate of drug-likeness (QED) is 0.593. The molecule has 0 amide bonds. The average molecular weight is 264 g/mol. The molecular formula is C11H24O5Si. The zero-order valence-electron chi connectivity index (χ0n) is 11.2. The topological polar surface area (TPSA) is 46.2 Å². The van der Waals surface area contributed by atoms with E-state index in [1.807, 2.05) is 27.7 Å². The third kappa shape index (κ3) is 4.01. The molecule has 0 aromatic rings. The Morgan fingerprint density at radius 1 is 1.12 bits per heavy atom. The van der Waals surface area contributed by atoms with Gasteiger partial charge < -0.3 is 22.8 Å². The molecule has 0 aromatic carbocycles. The predicted molar refractivity (Wildman–Crippen MR) is 65.5 cm³/mol. The second-order valence-corrected chi connectivity index (χ2v) is 6.66. The molecule has 0 N–H and O–H groups in total. The highest BCUT2D eigenvalue weighted by atomic mass is 28.4. The van der Waals surface area contributed by atoms with E-state index in [2.05, 4.69) is 0 Å². The molecule has 2 unspecified atom stereocenters. The van der Waals surface area contributed by atoms with Gasteiger partial charge in [0.15, 0.2) is 6.29 Å². The minimum absolute atomic E-state index is 0.127. The number of rotatable bonds is 9. The molecule has 1 saturated heterocycles. The number of hydrogen-bond acceptors (Lipinski definition) is 5. The van der Waals surface area contributed by atoms with Crippen LogP contribution in [0.2, 0.25) is 0 Å². The van der Waals surface area contributed by atoms with Gasteiger partial charge >= 0.3 is 8.80 Å². The summed E-state index contributed by atoms with van der Waals surface area (Å²) in [6.45, 7) is 10.2. The fourth-order valence-electron chi connectivity index (χ4n) is 1.71. The van der Waals surface area contributed by atoms with Crippen LogP contribution in [0.15, 0.2) is 0 Å². The summed E-state index contributed by atoms with van der Waals surface area (Å²) in [5.41, 5.74) is -0.201. The summed E-state index contributed by atoms with van der Waals surface area (Å²) in [6, 6.07) is 0. The zero-order valence-corrected chi connectivity index (χ0v) is 12.2. The molecule has 0 saturated carbocycles. The zero-order chi connectivity index (χ0) is 12.7. The van der Waals surface area contributed by atoms with E-state index < -0.39 is 8.80 Å². The molecule has 6 heteroatoms. The van der Waals surface area contributed by atoms with Crippen LogP contribution in [0.3, 0.4) is 0 Å². The maximum atomic E-state index is 5.77. The Labute approximate surface area is 105 Å². The molecule has 5 nitrogen and oxygen atoms in total. The van der Waals surface area contributed by atoms with Crippen LogP contribution in [0.5, 0.6) is 0 Å². The van der Waals surface area contributed by atoms with Gasteiger partial charge in [0.1, 0.15) is 5.73 Å². The molecule has 0 bridgehead atoms. The van der Waals surface area contributed by atoms with E-state index in [1.54, 1.807) is 0 Å².